The first-order valence-electron chi connectivity index (χ1n) is 6.09. The highest BCUT2D eigenvalue weighted by Gasteiger charge is 2.15. The highest BCUT2D eigenvalue weighted by Crippen LogP contribution is 2.17. The molecule has 0 aliphatic carbocycles. The normalized spacial score (nSPS) is 22.9. The molecule has 0 bridgehead atoms. The third-order valence-corrected chi connectivity index (χ3v) is 3.09. The van der Waals surface area contributed by atoms with Gasteiger partial charge in [0.2, 0.25) is 0 Å². The van der Waals surface area contributed by atoms with Crippen LogP contribution in [0.3, 0.4) is 0 Å². The van der Waals surface area contributed by atoms with Crippen molar-refractivity contribution in [2.75, 3.05) is 19.7 Å². The SMILES string of the molecule is C[C@@H](OC[C@@H]1CCCNC1)c1ccccn1. The number of hydrogen-bond donors (Lipinski definition) is 1. The lowest BCUT2D eigenvalue weighted by Crippen LogP contribution is -2.32. The first-order valence-corrected chi connectivity index (χ1v) is 6.09. The van der Waals surface area contributed by atoms with Crippen LogP contribution in [0.25, 0.3) is 0 Å². The summed E-state index contributed by atoms with van der Waals surface area (Å²) in [6, 6.07) is 5.95. The van der Waals surface area contributed by atoms with Crippen LogP contribution in [-0.4, -0.2) is 24.7 Å². The Labute approximate surface area is 97.2 Å². The van der Waals surface area contributed by atoms with E-state index in [1.807, 2.05) is 24.4 Å². The van der Waals surface area contributed by atoms with Crippen LogP contribution in [0.1, 0.15) is 31.6 Å². The van der Waals surface area contributed by atoms with Crippen LogP contribution < -0.4 is 5.32 Å². The van der Waals surface area contributed by atoms with Crippen molar-refractivity contribution in [3.05, 3.63) is 30.1 Å². The lowest BCUT2D eigenvalue weighted by atomic mass is 10.0. The number of aromatic nitrogens is 1. The van der Waals surface area contributed by atoms with Gasteiger partial charge in [-0.3, -0.25) is 4.98 Å². The van der Waals surface area contributed by atoms with Gasteiger partial charge in [-0.1, -0.05) is 6.07 Å². The summed E-state index contributed by atoms with van der Waals surface area (Å²) < 4.78 is 5.86. The van der Waals surface area contributed by atoms with E-state index in [0.717, 1.165) is 25.4 Å². The summed E-state index contributed by atoms with van der Waals surface area (Å²) in [6.45, 7) is 5.16. The second-order valence-electron chi connectivity index (χ2n) is 4.44. The van der Waals surface area contributed by atoms with E-state index < -0.39 is 0 Å². The molecule has 1 saturated heterocycles. The molecule has 3 heteroatoms. The van der Waals surface area contributed by atoms with Crippen molar-refractivity contribution >= 4 is 0 Å². The summed E-state index contributed by atoms with van der Waals surface area (Å²) in [6.07, 6.45) is 4.47. The average molecular weight is 220 g/mol. The molecule has 1 aliphatic rings. The van der Waals surface area contributed by atoms with Gasteiger partial charge >= 0.3 is 0 Å². The van der Waals surface area contributed by atoms with E-state index in [2.05, 4.69) is 17.2 Å². The molecule has 0 unspecified atom stereocenters. The van der Waals surface area contributed by atoms with Gasteiger partial charge in [0.1, 0.15) is 0 Å². The van der Waals surface area contributed by atoms with E-state index in [1.54, 1.807) is 0 Å². The van der Waals surface area contributed by atoms with Gasteiger partial charge < -0.3 is 10.1 Å². The average Bonchev–Trinajstić information content (AvgIpc) is 2.38. The quantitative estimate of drug-likeness (QED) is 0.844. The lowest BCUT2D eigenvalue weighted by Gasteiger charge is -2.24. The molecule has 3 nitrogen and oxygen atoms in total. The van der Waals surface area contributed by atoms with Crippen LogP contribution in [0.15, 0.2) is 24.4 Å². The summed E-state index contributed by atoms with van der Waals surface area (Å²) in [5.41, 5.74) is 1.02. The molecule has 2 rings (SSSR count). The molecule has 1 fully saturated rings. The topological polar surface area (TPSA) is 34.1 Å². The molecule has 88 valence electrons. The number of hydrogen-bond acceptors (Lipinski definition) is 3. The van der Waals surface area contributed by atoms with E-state index in [-0.39, 0.29) is 6.10 Å². The summed E-state index contributed by atoms with van der Waals surface area (Å²) in [4.78, 5) is 4.30. The maximum Gasteiger partial charge on any atom is 0.0966 e. The van der Waals surface area contributed by atoms with E-state index in [4.69, 9.17) is 4.74 Å². The Morgan fingerprint density at radius 3 is 3.19 bits per heavy atom. The fourth-order valence-corrected chi connectivity index (χ4v) is 2.05. The molecule has 2 atom stereocenters. The van der Waals surface area contributed by atoms with Crippen molar-refractivity contribution in [2.24, 2.45) is 5.92 Å². The molecule has 0 spiro atoms. The number of nitrogens with zero attached hydrogens (tertiary/aromatic N) is 1. The van der Waals surface area contributed by atoms with Gasteiger partial charge in [-0.05, 0) is 44.4 Å². The Bertz CT molecular complexity index is 296. The standard InChI is InChI=1S/C13H20N2O/c1-11(13-6-2-3-8-15-13)16-10-12-5-4-7-14-9-12/h2-3,6,8,11-12,14H,4-5,7,9-10H2,1H3/t11-,12-/m1/s1. The largest absolute Gasteiger partial charge is 0.372 e. The fourth-order valence-electron chi connectivity index (χ4n) is 2.05. The Hall–Kier alpha value is -0.930. The monoisotopic (exact) mass is 220 g/mol. The zero-order chi connectivity index (χ0) is 11.2. The molecule has 1 aromatic rings. The van der Waals surface area contributed by atoms with Crippen LogP contribution >= 0.6 is 0 Å². The van der Waals surface area contributed by atoms with Gasteiger partial charge in [0.25, 0.3) is 0 Å². The molecule has 0 aromatic carbocycles. The molecule has 1 aliphatic heterocycles. The maximum atomic E-state index is 5.86. The van der Waals surface area contributed by atoms with Gasteiger partial charge in [0.15, 0.2) is 0 Å². The number of rotatable bonds is 4. The van der Waals surface area contributed by atoms with Crippen molar-refractivity contribution in [3.63, 3.8) is 0 Å². The van der Waals surface area contributed by atoms with Gasteiger partial charge in [-0.2, -0.15) is 0 Å². The molecule has 1 aromatic heterocycles. The molecule has 2 heterocycles. The summed E-state index contributed by atoms with van der Waals surface area (Å²) in [5, 5.41) is 3.40. The number of piperidine rings is 1. The molecule has 16 heavy (non-hydrogen) atoms. The van der Waals surface area contributed by atoms with Crippen molar-refractivity contribution in [1.29, 1.82) is 0 Å². The maximum absolute atomic E-state index is 5.86. The van der Waals surface area contributed by atoms with Crippen LogP contribution in [0, 0.1) is 5.92 Å². The Morgan fingerprint density at radius 2 is 2.50 bits per heavy atom. The van der Waals surface area contributed by atoms with Crippen LogP contribution in [0.2, 0.25) is 0 Å². The molecule has 1 N–H and O–H groups in total. The number of pyridine rings is 1. The third kappa shape index (κ3) is 3.29. The smallest absolute Gasteiger partial charge is 0.0966 e. The Morgan fingerprint density at radius 1 is 1.56 bits per heavy atom. The van der Waals surface area contributed by atoms with Gasteiger partial charge in [0, 0.05) is 12.7 Å². The van der Waals surface area contributed by atoms with E-state index in [1.165, 1.54) is 12.8 Å². The summed E-state index contributed by atoms with van der Waals surface area (Å²) in [5.74, 6) is 0.667. The first-order chi connectivity index (χ1) is 7.86. The Kier molecular flexibility index (Phi) is 4.31. The number of ether oxygens (including phenoxy) is 1. The summed E-state index contributed by atoms with van der Waals surface area (Å²) in [7, 11) is 0. The molecule has 0 amide bonds. The Balaban J connectivity index is 1.77. The second kappa shape index (κ2) is 5.97. The number of nitrogens with one attached hydrogen (secondary N) is 1. The molecule has 0 saturated carbocycles. The first kappa shape index (κ1) is 11.6. The van der Waals surface area contributed by atoms with E-state index in [9.17, 15) is 0 Å². The predicted octanol–water partition coefficient (Wildman–Crippen LogP) is 2.16. The van der Waals surface area contributed by atoms with Crippen molar-refractivity contribution in [1.82, 2.24) is 10.3 Å². The highest BCUT2D eigenvalue weighted by molar-refractivity contribution is 5.05. The van der Waals surface area contributed by atoms with Crippen molar-refractivity contribution < 1.29 is 4.74 Å². The minimum atomic E-state index is 0.100. The van der Waals surface area contributed by atoms with Crippen molar-refractivity contribution in [2.45, 2.75) is 25.9 Å². The van der Waals surface area contributed by atoms with E-state index in [0.29, 0.717) is 5.92 Å². The molecular formula is C13H20N2O. The summed E-state index contributed by atoms with van der Waals surface area (Å²) >= 11 is 0. The predicted molar refractivity (Wildman–Crippen MR) is 64.2 cm³/mol. The van der Waals surface area contributed by atoms with Crippen LogP contribution in [0.4, 0.5) is 0 Å². The minimum absolute atomic E-state index is 0.100. The zero-order valence-corrected chi connectivity index (χ0v) is 9.86. The molecular weight excluding hydrogens is 200 g/mol. The van der Waals surface area contributed by atoms with Crippen LogP contribution in [0.5, 0.6) is 0 Å². The fraction of sp³-hybridized carbons (Fsp3) is 0.615. The second-order valence-corrected chi connectivity index (χ2v) is 4.44. The minimum Gasteiger partial charge on any atom is -0.372 e. The van der Waals surface area contributed by atoms with Crippen LogP contribution in [-0.2, 0) is 4.74 Å². The lowest BCUT2D eigenvalue weighted by molar-refractivity contribution is 0.0312. The van der Waals surface area contributed by atoms with Crippen molar-refractivity contribution in [3.8, 4) is 0 Å². The van der Waals surface area contributed by atoms with E-state index >= 15 is 0 Å². The van der Waals surface area contributed by atoms with Gasteiger partial charge in [-0.15, -0.1) is 0 Å². The highest BCUT2D eigenvalue weighted by atomic mass is 16.5. The van der Waals surface area contributed by atoms with Gasteiger partial charge in [0.05, 0.1) is 18.4 Å². The third-order valence-electron chi connectivity index (χ3n) is 3.09. The zero-order valence-electron chi connectivity index (χ0n) is 9.86. The molecule has 0 radical (unpaired) electrons. The van der Waals surface area contributed by atoms with Gasteiger partial charge in [-0.25, -0.2) is 0 Å².